The van der Waals surface area contributed by atoms with E-state index in [2.05, 4.69) is 9.97 Å². The summed E-state index contributed by atoms with van der Waals surface area (Å²) < 4.78 is 50.9. The zero-order chi connectivity index (χ0) is 31.0. The minimum atomic E-state index is -4.58. The van der Waals surface area contributed by atoms with Crippen LogP contribution in [0.1, 0.15) is 27.3 Å². The highest BCUT2D eigenvalue weighted by molar-refractivity contribution is 5.95. The van der Waals surface area contributed by atoms with Crippen molar-refractivity contribution in [2.24, 2.45) is 5.73 Å². The summed E-state index contributed by atoms with van der Waals surface area (Å²) in [6, 6.07) is 21.1. The number of aromatic hydroxyl groups is 1. The lowest BCUT2D eigenvalue weighted by Crippen LogP contribution is -2.37. The number of aromatic nitrogens is 2. The minimum absolute atomic E-state index is 0.0371. The van der Waals surface area contributed by atoms with Crippen LogP contribution < -0.4 is 15.2 Å². The lowest BCUT2D eigenvalue weighted by atomic mass is 10.2. The van der Waals surface area contributed by atoms with Gasteiger partial charge in [0.15, 0.2) is 5.82 Å². The van der Waals surface area contributed by atoms with Crippen molar-refractivity contribution in [3.05, 3.63) is 101 Å². The molecule has 4 N–H and O–H groups in total. The third-order valence-electron chi connectivity index (χ3n) is 6.33. The average Bonchev–Trinajstić information content (AvgIpc) is 2.97. The number of amides is 1. The molecule has 4 rings (SSSR count). The number of nitrogens with two attached hydrogens (primary N) is 1. The number of hydrogen-bond acceptors (Lipinski definition) is 8. The van der Waals surface area contributed by atoms with E-state index in [0.29, 0.717) is 30.2 Å². The quantitative estimate of drug-likeness (QED) is 0.204. The molecule has 0 fully saturated rings. The van der Waals surface area contributed by atoms with Crippen LogP contribution in [-0.4, -0.2) is 63.4 Å². The van der Waals surface area contributed by atoms with Gasteiger partial charge in [-0.25, -0.2) is 9.97 Å². The molecule has 226 valence electrons. The monoisotopic (exact) mass is 596 g/mol. The fraction of sp³-hybridized carbons (Fsp3) is 0.258. The maximum Gasteiger partial charge on any atom is 0.433 e. The highest BCUT2D eigenvalue weighted by Crippen LogP contribution is 2.30. The summed E-state index contributed by atoms with van der Waals surface area (Å²) in [7, 11) is 0. The fourth-order valence-corrected chi connectivity index (χ4v) is 4.26. The molecule has 0 saturated heterocycles. The first kappa shape index (κ1) is 31.3. The van der Waals surface area contributed by atoms with Gasteiger partial charge < -0.3 is 25.4 Å². The number of alkyl halides is 3. The molecular formula is C31H31F3N4O5. The van der Waals surface area contributed by atoms with Gasteiger partial charge in [0.05, 0.1) is 5.56 Å². The molecule has 4 aromatic rings. The number of benzene rings is 3. The van der Waals surface area contributed by atoms with Crippen molar-refractivity contribution in [1.29, 1.82) is 0 Å². The van der Waals surface area contributed by atoms with Crippen LogP contribution in [-0.2, 0) is 12.7 Å². The summed E-state index contributed by atoms with van der Waals surface area (Å²) >= 11 is 0. The highest BCUT2D eigenvalue weighted by atomic mass is 19.4. The van der Waals surface area contributed by atoms with Crippen LogP contribution in [0.2, 0.25) is 0 Å². The van der Waals surface area contributed by atoms with E-state index in [1.54, 1.807) is 24.3 Å². The van der Waals surface area contributed by atoms with E-state index in [1.165, 1.54) is 25.1 Å². The van der Waals surface area contributed by atoms with E-state index < -0.39 is 23.9 Å². The van der Waals surface area contributed by atoms with Crippen molar-refractivity contribution < 1.29 is 37.7 Å². The normalized spacial score (nSPS) is 12.2. The summed E-state index contributed by atoms with van der Waals surface area (Å²) in [4.78, 5) is 21.2. The molecule has 0 aliphatic heterocycles. The number of carbonyl (C=O) groups excluding carboxylic acids is 1. The molecule has 9 nitrogen and oxygen atoms in total. The molecule has 12 heteroatoms. The Labute approximate surface area is 246 Å². The number of aryl methyl sites for hydroxylation is 1. The molecule has 0 radical (unpaired) electrons. The van der Waals surface area contributed by atoms with E-state index in [-0.39, 0.29) is 42.6 Å². The number of halogens is 3. The molecule has 0 bridgehead atoms. The average molecular weight is 597 g/mol. The summed E-state index contributed by atoms with van der Waals surface area (Å²) in [5.41, 5.74) is 5.85. The molecule has 43 heavy (non-hydrogen) atoms. The third-order valence-corrected chi connectivity index (χ3v) is 6.33. The fourth-order valence-electron chi connectivity index (χ4n) is 4.26. The van der Waals surface area contributed by atoms with Gasteiger partial charge in [-0.15, -0.1) is 0 Å². The number of nitrogens with zero attached hydrogens (tertiary/aromatic N) is 3. The first-order chi connectivity index (χ1) is 20.5. The lowest BCUT2D eigenvalue weighted by molar-refractivity contribution is -0.141. The Morgan fingerprint density at radius 1 is 0.977 bits per heavy atom. The van der Waals surface area contributed by atoms with E-state index >= 15 is 0 Å². The topological polar surface area (TPSA) is 131 Å². The maximum atomic E-state index is 13.1. The van der Waals surface area contributed by atoms with Crippen LogP contribution in [0.5, 0.6) is 17.2 Å². The number of carbonyl (C=O) groups is 1. The Hall–Kier alpha value is -4.68. The van der Waals surface area contributed by atoms with Crippen LogP contribution in [0.15, 0.2) is 78.9 Å². The van der Waals surface area contributed by atoms with Gasteiger partial charge in [0.1, 0.15) is 42.3 Å². The minimum Gasteiger partial charge on any atom is -0.507 e. The van der Waals surface area contributed by atoms with Gasteiger partial charge in [-0.05, 0) is 61.0 Å². The van der Waals surface area contributed by atoms with Crippen LogP contribution in [0.25, 0.3) is 11.4 Å². The molecule has 0 spiro atoms. The van der Waals surface area contributed by atoms with Gasteiger partial charge in [0.2, 0.25) is 0 Å². The second-order valence-corrected chi connectivity index (χ2v) is 9.82. The molecule has 3 aromatic carbocycles. The number of primary amides is 1. The van der Waals surface area contributed by atoms with Gasteiger partial charge in [-0.2, -0.15) is 13.2 Å². The number of phenols is 1. The van der Waals surface area contributed by atoms with Gasteiger partial charge in [-0.1, -0.05) is 30.3 Å². The van der Waals surface area contributed by atoms with Gasteiger partial charge in [0, 0.05) is 30.9 Å². The van der Waals surface area contributed by atoms with E-state index in [4.69, 9.17) is 15.2 Å². The molecule has 0 aliphatic carbocycles. The van der Waals surface area contributed by atoms with Crippen molar-refractivity contribution in [1.82, 2.24) is 14.9 Å². The molecule has 1 atom stereocenters. The molecule has 1 amide bonds. The first-order valence-corrected chi connectivity index (χ1v) is 13.3. The Bertz CT molecular complexity index is 1520. The molecule has 1 unspecified atom stereocenters. The largest absolute Gasteiger partial charge is 0.507 e. The molecule has 0 aliphatic rings. The van der Waals surface area contributed by atoms with Crippen LogP contribution >= 0.6 is 0 Å². The van der Waals surface area contributed by atoms with Crippen LogP contribution in [0.3, 0.4) is 0 Å². The van der Waals surface area contributed by atoms with Crippen molar-refractivity contribution >= 4 is 5.91 Å². The smallest absolute Gasteiger partial charge is 0.433 e. The summed E-state index contributed by atoms with van der Waals surface area (Å²) in [6.45, 7) is 2.85. The first-order valence-electron chi connectivity index (χ1n) is 13.3. The Morgan fingerprint density at radius 3 is 2.35 bits per heavy atom. The maximum absolute atomic E-state index is 13.1. The molecule has 1 heterocycles. The van der Waals surface area contributed by atoms with Crippen molar-refractivity contribution in [3.8, 4) is 28.6 Å². The van der Waals surface area contributed by atoms with Crippen LogP contribution in [0, 0.1) is 6.92 Å². The zero-order valence-corrected chi connectivity index (χ0v) is 23.3. The van der Waals surface area contributed by atoms with E-state index in [9.17, 15) is 28.2 Å². The number of rotatable bonds is 13. The summed E-state index contributed by atoms with van der Waals surface area (Å²) in [5.74, 6) is -0.268. The predicted octanol–water partition coefficient (Wildman–Crippen LogP) is 4.60. The van der Waals surface area contributed by atoms with E-state index in [1.807, 2.05) is 35.2 Å². The Balaban J connectivity index is 1.35. The zero-order valence-electron chi connectivity index (χ0n) is 23.3. The second kappa shape index (κ2) is 14.0. The standard InChI is InChI=1S/C31H31F3N4O5/c1-20-15-28(31(32,33)34)37-30(36-20)22-7-9-24(10-8-22)43-19-23(39)18-38(17-21-5-3-2-4-6-21)13-14-42-25-11-12-27(40)26(16-25)29(35)41/h2-12,15-16,23,39-40H,13-14,17-19H2,1H3,(H2,35,41). The second-order valence-electron chi connectivity index (χ2n) is 9.82. The molecular weight excluding hydrogens is 565 g/mol. The van der Waals surface area contributed by atoms with E-state index in [0.717, 1.165) is 11.6 Å². The number of aliphatic hydroxyl groups excluding tert-OH is 1. The third kappa shape index (κ3) is 9.15. The highest BCUT2D eigenvalue weighted by Gasteiger charge is 2.33. The number of ether oxygens (including phenoxy) is 2. The van der Waals surface area contributed by atoms with Gasteiger partial charge >= 0.3 is 6.18 Å². The summed E-state index contributed by atoms with van der Waals surface area (Å²) in [5, 5.41) is 20.5. The number of hydrogen-bond donors (Lipinski definition) is 3. The predicted molar refractivity (Wildman–Crippen MR) is 153 cm³/mol. The Kier molecular flexibility index (Phi) is 10.2. The molecule has 0 saturated carbocycles. The Morgan fingerprint density at radius 2 is 1.67 bits per heavy atom. The SMILES string of the molecule is Cc1cc(C(F)(F)F)nc(-c2ccc(OCC(O)CN(CCOc3ccc(O)c(C(N)=O)c3)Cc3ccccc3)cc2)n1. The molecule has 1 aromatic heterocycles. The van der Waals surface area contributed by atoms with Gasteiger partial charge in [-0.3, -0.25) is 9.69 Å². The van der Waals surface area contributed by atoms with Crippen LogP contribution in [0.4, 0.5) is 13.2 Å². The van der Waals surface area contributed by atoms with Gasteiger partial charge in [0.25, 0.3) is 5.91 Å². The van der Waals surface area contributed by atoms with Crippen molar-refractivity contribution in [2.75, 3.05) is 26.3 Å². The van der Waals surface area contributed by atoms with Crippen molar-refractivity contribution in [3.63, 3.8) is 0 Å². The van der Waals surface area contributed by atoms with Crippen molar-refractivity contribution in [2.45, 2.75) is 25.7 Å². The lowest BCUT2D eigenvalue weighted by Gasteiger charge is -2.25. The number of aliphatic hydroxyl groups is 1. The summed E-state index contributed by atoms with van der Waals surface area (Å²) in [6.07, 6.45) is -5.46.